The lowest BCUT2D eigenvalue weighted by molar-refractivity contribution is 0.0594. The summed E-state index contributed by atoms with van der Waals surface area (Å²) in [5.41, 5.74) is 2.23. The zero-order valence-corrected chi connectivity index (χ0v) is 19.2. The van der Waals surface area contributed by atoms with Gasteiger partial charge in [0.1, 0.15) is 17.3 Å². The lowest BCUT2D eigenvalue weighted by Crippen LogP contribution is -2.48. The van der Waals surface area contributed by atoms with Crippen molar-refractivity contribution < 1.29 is 9.53 Å². The van der Waals surface area contributed by atoms with E-state index in [0.29, 0.717) is 21.1 Å². The summed E-state index contributed by atoms with van der Waals surface area (Å²) in [6, 6.07) is 3.96. The molecule has 0 aliphatic carbocycles. The molecule has 0 amide bonds. The summed E-state index contributed by atoms with van der Waals surface area (Å²) in [6.07, 6.45) is 5.32. The summed E-state index contributed by atoms with van der Waals surface area (Å²) in [4.78, 5) is 40.0. The third-order valence-electron chi connectivity index (χ3n) is 5.29. The highest BCUT2D eigenvalue weighted by molar-refractivity contribution is 8.00. The molecule has 0 atom stereocenters. The van der Waals surface area contributed by atoms with Crippen LogP contribution in [0.2, 0.25) is 0 Å². The number of aromatic nitrogens is 6. The predicted molar refractivity (Wildman–Crippen MR) is 122 cm³/mol. The lowest BCUT2D eigenvalue weighted by Gasteiger charge is -2.40. The van der Waals surface area contributed by atoms with Gasteiger partial charge in [0.15, 0.2) is 15.2 Å². The smallest absolute Gasteiger partial charge is 0.357 e. The van der Waals surface area contributed by atoms with Gasteiger partial charge in [-0.1, -0.05) is 6.92 Å². The molecule has 4 aromatic rings. The van der Waals surface area contributed by atoms with E-state index in [1.54, 1.807) is 17.8 Å². The van der Waals surface area contributed by atoms with Crippen LogP contribution in [0.3, 0.4) is 0 Å². The third-order valence-corrected chi connectivity index (χ3v) is 7.09. The molecular formula is C21H21N7O2S2. The van der Waals surface area contributed by atoms with Crippen LogP contribution in [0.5, 0.6) is 0 Å². The number of thiazole rings is 1. The molecular weight excluding hydrogens is 446 g/mol. The molecule has 0 bridgehead atoms. The molecule has 0 aromatic carbocycles. The Labute approximate surface area is 192 Å². The van der Waals surface area contributed by atoms with Gasteiger partial charge >= 0.3 is 5.97 Å². The Hall–Kier alpha value is -3.05. The highest BCUT2D eigenvalue weighted by Crippen LogP contribution is 2.35. The second kappa shape index (κ2) is 8.83. The fraction of sp³-hybridized carbons (Fsp3) is 0.333. The van der Waals surface area contributed by atoms with Crippen LogP contribution in [0.4, 0.5) is 5.82 Å². The minimum Gasteiger partial charge on any atom is -0.464 e. The van der Waals surface area contributed by atoms with E-state index in [1.807, 2.05) is 6.07 Å². The van der Waals surface area contributed by atoms with Crippen molar-refractivity contribution in [1.82, 2.24) is 29.9 Å². The van der Waals surface area contributed by atoms with Gasteiger partial charge in [0.05, 0.1) is 12.5 Å². The van der Waals surface area contributed by atoms with Crippen LogP contribution in [0.1, 0.15) is 28.9 Å². The van der Waals surface area contributed by atoms with Crippen LogP contribution < -0.4 is 4.90 Å². The molecule has 0 unspecified atom stereocenters. The van der Waals surface area contributed by atoms with Crippen molar-refractivity contribution in [3.05, 3.63) is 47.1 Å². The number of hydrogen-bond acceptors (Lipinski definition) is 10. The van der Waals surface area contributed by atoms with Crippen molar-refractivity contribution in [2.75, 3.05) is 25.1 Å². The number of rotatable bonds is 7. The first-order chi connectivity index (χ1) is 15.6. The van der Waals surface area contributed by atoms with Gasteiger partial charge in [-0.25, -0.2) is 29.7 Å². The van der Waals surface area contributed by atoms with Crippen LogP contribution in [0.15, 0.2) is 39.4 Å². The molecule has 0 radical (unpaired) electrons. The van der Waals surface area contributed by atoms with E-state index in [1.165, 1.54) is 30.2 Å². The van der Waals surface area contributed by atoms with Gasteiger partial charge in [0.2, 0.25) is 0 Å². The number of nitrogens with zero attached hydrogens (tertiary/aromatic N) is 6. The third kappa shape index (κ3) is 4.17. The van der Waals surface area contributed by atoms with E-state index in [9.17, 15) is 4.79 Å². The molecule has 1 fully saturated rings. The molecule has 9 nitrogen and oxygen atoms in total. The van der Waals surface area contributed by atoms with Crippen LogP contribution in [-0.4, -0.2) is 56.1 Å². The molecule has 1 N–H and O–H groups in total. The number of esters is 1. The van der Waals surface area contributed by atoms with Gasteiger partial charge in [-0.3, -0.25) is 0 Å². The summed E-state index contributed by atoms with van der Waals surface area (Å²) in [5, 5.41) is 3.30. The first-order valence-electron chi connectivity index (χ1n) is 10.2. The van der Waals surface area contributed by atoms with Crippen molar-refractivity contribution in [3.8, 4) is 0 Å². The number of anilines is 1. The number of carbonyl (C=O) groups is 1. The van der Waals surface area contributed by atoms with Gasteiger partial charge in [-0.15, -0.1) is 11.3 Å². The number of methoxy groups -OCH3 is 1. The Balaban J connectivity index is 1.38. The molecule has 32 heavy (non-hydrogen) atoms. The van der Waals surface area contributed by atoms with Gasteiger partial charge in [0.25, 0.3) is 0 Å². The highest BCUT2D eigenvalue weighted by Gasteiger charge is 2.31. The van der Waals surface area contributed by atoms with Crippen molar-refractivity contribution in [1.29, 1.82) is 0 Å². The first-order valence-corrected chi connectivity index (χ1v) is 11.9. The number of ether oxygens (including phenoxy) is 1. The molecule has 5 rings (SSSR count). The second-order valence-electron chi connectivity index (χ2n) is 7.47. The monoisotopic (exact) mass is 467 g/mol. The number of H-pyrrole nitrogens is 1. The van der Waals surface area contributed by atoms with E-state index < -0.39 is 5.97 Å². The van der Waals surface area contributed by atoms with E-state index in [0.717, 1.165) is 54.3 Å². The normalized spacial score (nSPS) is 14.0. The minimum absolute atomic E-state index is 0.295. The molecule has 4 aromatic heterocycles. The number of nitrogens with one attached hydrogen (secondary N) is 1. The molecule has 0 saturated carbocycles. The summed E-state index contributed by atoms with van der Waals surface area (Å²) < 4.78 is 5.44. The maximum atomic E-state index is 11.7. The highest BCUT2D eigenvalue weighted by atomic mass is 32.2. The average molecular weight is 468 g/mol. The Kier molecular flexibility index (Phi) is 5.75. The summed E-state index contributed by atoms with van der Waals surface area (Å²) in [5.74, 6) is 1.84. The van der Waals surface area contributed by atoms with Crippen LogP contribution in [0, 0.1) is 5.92 Å². The van der Waals surface area contributed by atoms with E-state index in [2.05, 4.69) is 37.8 Å². The number of aromatic amines is 1. The molecule has 1 aliphatic rings. The predicted octanol–water partition coefficient (Wildman–Crippen LogP) is 3.38. The minimum atomic E-state index is -0.448. The summed E-state index contributed by atoms with van der Waals surface area (Å²) >= 11 is 2.72. The van der Waals surface area contributed by atoms with Crippen LogP contribution in [0.25, 0.3) is 11.0 Å². The maximum Gasteiger partial charge on any atom is 0.357 e. The van der Waals surface area contributed by atoms with Crippen molar-refractivity contribution in [2.45, 2.75) is 29.3 Å². The Morgan fingerprint density at radius 3 is 2.84 bits per heavy atom. The maximum absolute atomic E-state index is 11.7. The topological polar surface area (TPSA) is 110 Å². The van der Waals surface area contributed by atoms with Crippen LogP contribution >= 0.6 is 23.1 Å². The van der Waals surface area contributed by atoms with E-state index >= 15 is 0 Å². The van der Waals surface area contributed by atoms with Gasteiger partial charge in [0, 0.05) is 48.9 Å². The summed E-state index contributed by atoms with van der Waals surface area (Å²) in [6.45, 7) is 3.90. The Morgan fingerprint density at radius 1 is 1.28 bits per heavy atom. The van der Waals surface area contributed by atoms with Gasteiger partial charge in [-0.05, 0) is 30.3 Å². The molecule has 1 aliphatic heterocycles. The largest absolute Gasteiger partial charge is 0.464 e. The zero-order chi connectivity index (χ0) is 22.1. The lowest BCUT2D eigenvalue weighted by atomic mass is 9.95. The molecule has 1 saturated heterocycles. The second-order valence-corrected chi connectivity index (χ2v) is 9.55. The number of aryl methyl sites for hydroxylation is 1. The van der Waals surface area contributed by atoms with E-state index in [4.69, 9.17) is 14.7 Å². The summed E-state index contributed by atoms with van der Waals surface area (Å²) in [7, 11) is 1.35. The number of fused-ring (bicyclic) bond motifs is 1. The van der Waals surface area contributed by atoms with Gasteiger partial charge in [-0.2, -0.15) is 0 Å². The molecule has 0 spiro atoms. The SMILES string of the molecule is CCc1cc2c(N3CC(Cc4ncccn4)C3)nc(Sc3nc(C(=O)OC)cs3)nc2[nH]1. The standard InChI is InChI=1S/C21H21N7O2S2/c1-3-13-8-14-17(24-13)26-20(32-21-25-15(11-31-21)19(29)30-2)27-18(14)28-9-12(10-28)7-16-22-5-4-6-23-16/h4-6,8,11-12H,3,7,9-10H2,1-2H3,(H,24,26,27). The van der Waals surface area contributed by atoms with Crippen molar-refractivity contribution >= 4 is 45.9 Å². The van der Waals surface area contributed by atoms with Crippen LogP contribution in [-0.2, 0) is 17.6 Å². The fourth-order valence-corrected chi connectivity index (χ4v) is 5.29. The van der Waals surface area contributed by atoms with E-state index in [-0.39, 0.29) is 0 Å². The average Bonchev–Trinajstić information content (AvgIpc) is 3.42. The quantitative estimate of drug-likeness (QED) is 0.323. The van der Waals surface area contributed by atoms with Crippen molar-refractivity contribution in [3.63, 3.8) is 0 Å². The van der Waals surface area contributed by atoms with Crippen molar-refractivity contribution in [2.24, 2.45) is 5.92 Å². The first kappa shape index (κ1) is 20.8. The fourth-order valence-electron chi connectivity index (χ4n) is 3.65. The molecule has 164 valence electrons. The Morgan fingerprint density at radius 2 is 2.09 bits per heavy atom. The number of carbonyl (C=O) groups excluding carboxylic acids is 1. The van der Waals surface area contributed by atoms with Gasteiger partial charge < -0.3 is 14.6 Å². The number of hydrogen-bond donors (Lipinski definition) is 1. The zero-order valence-electron chi connectivity index (χ0n) is 17.6. The molecule has 5 heterocycles. The molecule has 11 heteroatoms. The Bertz CT molecular complexity index is 1250.